The van der Waals surface area contributed by atoms with Gasteiger partial charge in [0.05, 0.1) is 4.90 Å². The van der Waals surface area contributed by atoms with E-state index in [-0.39, 0.29) is 5.91 Å². The van der Waals surface area contributed by atoms with Crippen LogP contribution < -0.4 is 5.32 Å². The number of carbonyl (C=O) groups is 1. The van der Waals surface area contributed by atoms with E-state index in [1.807, 2.05) is 19.1 Å². The number of nitrogens with zero attached hydrogens (tertiary/aromatic N) is 1. The van der Waals surface area contributed by atoms with Crippen molar-refractivity contribution < 1.29 is 13.2 Å². The normalized spacial score (nSPS) is 20.8. The van der Waals surface area contributed by atoms with Gasteiger partial charge in [-0.3, -0.25) is 4.79 Å². The van der Waals surface area contributed by atoms with Crippen molar-refractivity contribution in [2.24, 2.45) is 0 Å². The van der Waals surface area contributed by atoms with Crippen LogP contribution in [0.4, 0.5) is 0 Å². The highest BCUT2D eigenvalue weighted by Gasteiger charge is 2.36. The topological polar surface area (TPSA) is 66.5 Å². The van der Waals surface area contributed by atoms with E-state index in [1.54, 1.807) is 20.8 Å². The van der Waals surface area contributed by atoms with E-state index >= 15 is 0 Å². The minimum Gasteiger partial charge on any atom is -0.353 e. The summed E-state index contributed by atoms with van der Waals surface area (Å²) in [6, 6.07) is 3.04. The molecule has 0 radical (unpaired) electrons. The van der Waals surface area contributed by atoms with Crippen LogP contribution >= 0.6 is 0 Å². The SMILES string of the molecule is Cc1cc(C)c(S(=O)(=O)N2CCNC(=O)C2C)c(C)c1. The summed E-state index contributed by atoms with van der Waals surface area (Å²) >= 11 is 0. The van der Waals surface area contributed by atoms with Crippen molar-refractivity contribution in [3.05, 3.63) is 28.8 Å². The second-order valence-corrected chi connectivity index (χ2v) is 7.14. The van der Waals surface area contributed by atoms with Gasteiger partial charge in [0, 0.05) is 13.1 Å². The molecular formula is C14H20N2O3S. The minimum atomic E-state index is -3.65. The second-order valence-electron chi connectivity index (χ2n) is 5.31. The van der Waals surface area contributed by atoms with Crippen molar-refractivity contribution in [3.63, 3.8) is 0 Å². The van der Waals surface area contributed by atoms with E-state index in [4.69, 9.17) is 0 Å². The van der Waals surface area contributed by atoms with Crippen molar-refractivity contribution >= 4 is 15.9 Å². The molecule has 5 nitrogen and oxygen atoms in total. The maximum Gasteiger partial charge on any atom is 0.244 e. The minimum absolute atomic E-state index is 0.248. The second kappa shape index (κ2) is 5.18. The van der Waals surface area contributed by atoms with Gasteiger partial charge in [-0.15, -0.1) is 0 Å². The maximum absolute atomic E-state index is 12.8. The van der Waals surface area contributed by atoms with Crippen LogP contribution in [0.5, 0.6) is 0 Å². The summed E-state index contributed by atoms with van der Waals surface area (Å²) in [4.78, 5) is 12.0. The van der Waals surface area contributed by atoms with Crippen LogP contribution in [0.1, 0.15) is 23.6 Å². The number of hydrogen-bond acceptors (Lipinski definition) is 3. The van der Waals surface area contributed by atoms with Gasteiger partial charge in [0.2, 0.25) is 15.9 Å². The van der Waals surface area contributed by atoms with Crippen LogP contribution in [-0.4, -0.2) is 37.8 Å². The summed E-state index contributed by atoms with van der Waals surface area (Å²) in [7, 11) is -3.65. The zero-order chi connectivity index (χ0) is 15.1. The van der Waals surface area contributed by atoms with Crippen LogP contribution in [0.2, 0.25) is 0 Å². The lowest BCUT2D eigenvalue weighted by Gasteiger charge is -2.32. The molecule has 0 saturated carbocycles. The fourth-order valence-corrected chi connectivity index (χ4v) is 4.79. The van der Waals surface area contributed by atoms with Gasteiger partial charge in [-0.1, -0.05) is 17.7 Å². The van der Waals surface area contributed by atoms with Gasteiger partial charge in [0.15, 0.2) is 0 Å². The molecule has 0 aliphatic carbocycles. The Labute approximate surface area is 120 Å². The Hall–Kier alpha value is -1.40. The highest BCUT2D eigenvalue weighted by Crippen LogP contribution is 2.27. The standard InChI is InChI=1S/C14H20N2O3S/c1-9-7-10(2)13(11(3)8-9)20(18,19)16-6-5-15-14(17)12(16)4/h7-8,12H,5-6H2,1-4H3,(H,15,17). The molecule has 1 aromatic rings. The molecule has 1 N–H and O–H groups in total. The Morgan fingerprint density at radius 3 is 2.30 bits per heavy atom. The molecule has 1 aromatic carbocycles. The Kier molecular flexibility index (Phi) is 3.88. The molecule has 1 amide bonds. The van der Waals surface area contributed by atoms with Gasteiger partial charge in [0.25, 0.3) is 0 Å². The van der Waals surface area contributed by atoms with Crippen molar-refractivity contribution in [2.75, 3.05) is 13.1 Å². The van der Waals surface area contributed by atoms with E-state index in [2.05, 4.69) is 5.32 Å². The predicted octanol–water partition coefficient (Wildman–Crippen LogP) is 1.12. The smallest absolute Gasteiger partial charge is 0.244 e. The third-order valence-electron chi connectivity index (χ3n) is 3.61. The first-order valence-corrected chi connectivity index (χ1v) is 8.06. The van der Waals surface area contributed by atoms with Crippen LogP contribution in [0.3, 0.4) is 0 Å². The summed E-state index contributed by atoms with van der Waals surface area (Å²) in [5, 5.41) is 2.68. The highest BCUT2D eigenvalue weighted by atomic mass is 32.2. The molecule has 1 unspecified atom stereocenters. The fourth-order valence-electron chi connectivity index (χ4n) is 2.78. The van der Waals surface area contributed by atoms with Gasteiger partial charge in [0.1, 0.15) is 6.04 Å². The third-order valence-corrected chi connectivity index (χ3v) is 5.89. The van der Waals surface area contributed by atoms with Crippen molar-refractivity contribution in [2.45, 2.75) is 38.6 Å². The molecule has 110 valence electrons. The zero-order valence-electron chi connectivity index (χ0n) is 12.2. The summed E-state index contributed by atoms with van der Waals surface area (Å²) in [5.41, 5.74) is 2.48. The zero-order valence-corrected chi connectivity index (χ0v) is 13.0. The molecule has 0 bridgehead atoms. The molecule has 1 saturated heterocycles. The predicted molar refractivity (Wildman–Crippen MR) is 77.0 cm³/mol. The fraction of sp³-hybridized carbons (Fsp3) is 0.500. The first-order chi connectivity index (χ1) is 9.25. The molecule has 1 aliphatic rings. The molecule has 2 rings (SSSR count). The highest BCUT2D eigenvalue weighted by molar-refractivity contribution is 7.89. The molecule has 6 heteroatoms. The Morgan fingerprint density at radius 1 is 1.20 bits per heavy atom. The summed E-state index contributed by atoms with van der Waals surface area (Å²) in [6.45, 7) is 7.80. The van der Waals surface area contributed by atoms with Gasteiger partial charge < -0.3 is 5.32 Å². The van der Waals surface area contributed by atoms with E-state index in [9.17, 15) is 13.2 Å². The number of benzene rings is 1. The number of piperazine rings is 1. The Bertz CT molecular complexity index is 629. The van der Waals surface area contributed by atoms with Gasteiger partial charge in [-0.25, -0.2) is 8.42 Å². The monoisotopic (exact) mass is 296 g/mol. The average molecular weight is 296 g/mol. The number of rotatable bonds is 2. The molecular weight excluding hydrogens is 276 g/mol. The number of nitrogens with one attached hydrogen (secondary N) is 1. The lowest BCUT2D eigenvalue weighted by atomic mass is 10.1. The Morgan fingerprint density at radius 2 is 1.75 bits per heavy atom. The van der Waals surface area contributed by atoms with Gasteiger partial charge >= 0.3 is 0 Å². The molecule has 1 aliphatic heterocycles. The number of hydrogen-bond donors (Lipinski definition) is 1. The van der Waals surface area contributed by atoms with E-state index in [0.717, 1.165) is 16.7 Å². The average Bonchev–Trinajstić information content (AvgIpc) is 2.30. The molecule has 1 heterocycles. The van der Waals surface area contributed by atoms with Crippen molar-refractivity contribution in [1.82, 2.24) is 9.62 Å². The lowest BCUT2D eigenvalue weighted by molar-refractivity contribution is -0.126. The summed E-state index contributed by atoms with van der Waals surface area (Å²) < 4.78 is 27.0. The van der Waals surface area contributed by atoms with Crippen LogP contribution in [0.25, 0.3) is 0 Å². The van der Waals surface area contributed by atoms with Gasteiger partial charge in [-0.2, -0.15) is 4.31 Å². The van der Waals surface area contributed by atoms with Crippen LogP contribution in [0.15, 0.2) is 17.0 Å². The van der Waals surface area contributed by atoms with E-state index in [0.29, 0.717) is 18.0 Å². The first-order valence-electron chi connectivity index (χ1n) is 6.62. The van der Waals surface area contributed by atoms with E-state index < -0.39 is 16.1 Å². The molecule has 20 heavy (non-hydrogen) atoms. The molecule has 0 spiro atoms. The van der Waals surface area contributed by atoms with Crippen molar-refractivity contribution in [1.29, 1.82) is 0 Å². The first kappa shape index (κ1) is 15.0. The van der Waals surface area contributed by atoms with Crippen LogP contribution in [-0.2, 0) is 14.8 Å². The number of aryl methyl sites for hydroxylation is 3. The van der Waals surface area contributed by atoms with Crippen LogP contribution in [0, 0.1) is 20.8 Å². The quantitative estimate of drug-likeness (QED) is 0.889. The molecule has 1 fully saturated rings. The summed E-state index contributed by atoms with van der Waals surface area (Å²) in [6.07, 6.45) is 0. The Balaban J connectivity index is 2.53. The van der Waals surface area contributed by atoms with Crippen molar-refractivity contribution in [3.8, 4) is 0 Å². The maximum atomic E-state index is 12.8. The third kappa shape index (κ3) is 2.45. The van der Waals surface area contributed by atoms with E-state index in [1.165, 1.54) is 4.31 Å². The van der Waals surface area contributed by atoms with Gasteiger partial charge in [-0.05, 0) is 38.8 Å². The summed E-state index contributed by atoms with van der Waals surface area (Å²) in [5.74, 6) is -0.248. The largest absolute Gasteiger partial charge is 0.353 e. The number of carbonyl (C=O) groups excluding carboxylic acids is 1. The molecule has 1 atom stereocenters. The number of sulfonamides is 1. The molecule has 0 aromatic heterocycles. The lowest BCUT2D eigenvalue weighted by Crippen LogP contribution is -2.55. The number of amides is 1.